The van der Waals surface area contributed by atoms with Gasteiger partial charge in [0.1, 0.15) is 17.0 Å². The van der Waals surface area contributed by atoms with Gasteiger partial charge in [-0.25, -0.2) is 4.98 Å². The molecule has 138 valence electrons. The third-order valence-corrected chi connectivity index (χ3v) is 4.98. The van der Waals surface area contributed by atoms with E-state index in [-0.39, 0.29) is 22.9 Å². The lowest BCUT2D eigenvalue weighted by Gasteiger charge is -2.14. The highest BCUT2D eigenvalue weighted by molar-refractivity contribution is 5.93. The molecule has 0 saturated heterocycles. The zero-order valence-corrected chi connectivity index (χ0v) is 15.1. The van der Waals surface area contributed by atoms with Gasteiger partial charge in [-0.05, 0) is 49.4 Å². The normalized spacial score (nSPS) is 16.3. The molecule has 0 saturated carbocycles. The van der Waals surface area contributed by atoms with Crippen molar-refractivity contribution in [3.8, 4) is 5.75 Å². The van der Waals surface area contributed by atoms with Crippen molar-refractivity contribution in [1.29, 1.82) is 0 Å². The Hall–Kier alpha value is -3.15. The van der Waals surface area contributed by atoms with Gasteiger partial charge in [-0.2, -0.15) is 0 Å². The molecule has 2 aromatic heterocycles. The van der Waals surface area contributed by atoms with Gasteiger partial charge in [0, 0.05) is 18.4 Å². The first-order valence-electron chi connectivity index (χ1n) is 9.10. The van der Waals surface area contributed by atoms with E-state index in [9.17, 15) is 9.59 Å². The Morgan fingerprint density at radius 2 is 2.11 bits per heavy atom. The summed E-state index contributed by atoms with van der Waals surface area (Å²) in [5.41, 5.74) is 2.15. The number of aryl methyl sites for hydroxylation is 1. The van der Waals surface area contributed by atoms with Crippen LogP contribution in [0.2, 0.25) is 0 Å². The number of carbonyl (C=O) groups is 1. The van der Waals surface area contributed by atoms with E-state index in [0.29, 0.717) is 18.8 Å². The van der Waals surface area contributed by atoms with Crippen LogP contribution in [0.15, 0.2) is 53.5 Å². The first-order chi connectivity index (χ1) is 13.1. The molecular weight excluding hydrogens is 342 g/mol. The topological polar surface area (TPSA) is 72.7 Å². The van der Waals surface area contributed by atoms with E-state index in [1.807, 2.05) is 37.3 Å². The molecule has 0 radical (unpaired) electrons. The number of para-hydroxylation sites is 1. The minimum absolute atomic E-state index is 0.0621. The summed E-state index contributed by atoms with van der Waals surface area (Å²) in [6.45, 7) is 2.93. The van der Waals surface area contributed by atoms with Crippen molar-refractivity contribution in [1.82, 2.24) is 14.7 Å². The zero-order chi connectivity index (χ0) is 18.8. The van der Waals surface area contributed by atoms with Crippen molar-refractivity contribution in [3.05, 3.63) is 75.8 Å². The second-order valence-electron chi connectivity index (χ2n) is 6.86. The van der Waals surface area contributed by atoms with E-state index in [1.54, 1.807) is 6.07 Å². The van der Waals surface area contributed by atoms with Gasteiger partial charge < -0.3 is 10.1 Å². The smallest absolute Gasteiger partial charge is 0.270 e. The van der Waals surface area contributed by atoms with Crippen molar-refractivity contribution < 1.29 is 9.53 Å². The molecule has 0 aliphatic carbocycles. The molecule has 0 bridgehead atoms. The summed E-state index contributed by atoms with van der Waals surface area (Å²) in [5, 5.41) is 2.90. The van der Waals surface area contributed by atoms with Crippen LogP contribution in [0, 0.1) is 12.8 Å². The Bertz CT molecular complexity index is 1060. The number of pyridine rings is 1. The van der Waals surface area contributed by atoms with Gasteiger partial charge in [-0.3, -0.25) is 14.0 Å². The number of aromatic nitrogens is 2. The van der Waals surface area contributed by atoms with E-state index >= 15 is 0 Å². The average Bonchev–Trinajstić information content (AvgIpc) is 2.88. The second-order valence-corrected chi connectivity index (χ2v) is 6.86. The number of carbonyl (C=O) groups excluding carboxylic acids is 1. The maximum atomic E-state index is 12.7. The Labute approximate surface area is 156 Å². The molecule has 1 atom stereocenters. The Balaban J connectivity index is 1.50. The van der Waals surface area contributed by atoms with Crippen LogP contribution < -0.4 is 15.6 Å². The lowest BCUT2D eigenvalue weighted by Crippen LogP contribution is -2.35. The predicted octanol–water partition coefficient (Wildman–Crippen LogP) is 2.37. The first kappa shape index (κ1) is 17.3. The lowest BCUT2D eigenvalue weighted by atomic mass is 9.97. The molecular formula is C21H21N3O3. The fourth-order valence-electron chi connectivity index (χ4n) is 3.50. The first-order valence-corrected chi connectivity index (χ1v) is 9.10. The van der Waals surface area contributed by atoms with Crippen LogP contribution in [0.1, 0.15) is 28.0 Å². The van der Waals surface area contributed by atoms with Crippen LogP contribution >= 0.6 is 0 Å². The Morgan fingerprint density at radius 3 is 3.00 bits per heavy atom. The van der Waals surface area contributed by atoms with Gasteiger partial charge in [0.15, 0.2) is 0 Å². The van der Waals surface area contributed by atoms with Gasteiger partial charge in [0.25, 0.3) is 11.5 Å². The minimum atomic E-state index is -0.386. The molecule has 6 nitrogen and oxygen atoms in total. The molecule has 3 aromatic rings. The van der Waals surface area contributed by atoms with Gasteiger partial charge in [0.05, 0.1) is 6.61 Å². The molecule has 1 aliphatic heterocycles. The number of ether oxygens (including phenoxy) is 1. The van der Waals surface area contributed by atoms with E-state index in [1.165, 1.54) is 10.6 Å². The zero-order valence-electron chi connectivity index (χ0n) is 15.1. The number of amides is 1. The van der Waals surface area contributed by atoms with E-state index in [2.05, 4.69) is 16.4 Å². The fraction of sp³-hybridized carbons (Fsp3) is 0.286. The van der Waals surface area contributed by atoms with E-state index in [4.69, 9.17) is 4.74 Å². The summed E-state index contributed by atoms with van der Waals surface area (Å²) in [4.78, 5) is 29.5. The van der Waals surface area contributed by atoms with Crippen LogP contribution in [0.25, 0.3) is 5.65 Å². The summed E-state index contributed by atoms with van der Waals surface area (Å²) in [5.74, 6) is 0.790. The van der Waals surface area contributed by atoms with Crippen molar-refractivity contribution in [3.63, 3.8) is 0 Å². The largest absolute Gasteiger partial charge is 0.493 e. The van der Waals surface area contributed by atoms with Crippen molar-refractivity contribution in [2.75, 3.05) is 13.2 Å². The average molecular weight is 363 g/mol. The van der Waals surface area contributed by atoms with Gasteiger partial charge in [-0.15, -0.1) is 0 Å². The number of nitrogens with one attached hydrogen (secondary N) is 1. The number of nitrogens with zero attached hydrogens (tertiary/aromatic N) is 2. The van der Waals surface area contributed by atoms with Crippen molar-refractivity contribution in [2.24, 2.45) is 5.92 Å². The van der Waals surface area contributed by atoms with Crippen LogP contribution in [-0.4, -0.2) is 28.4 Å². The summed E-state index contributed by atoms with van der Waals surface area (Å²) >= 11 is 0. The highest BCUT2D eigenvalue weighted by Crippen LogP contribution is 2.26. The lowest BCUT2D eigenvalue weighted by molar-refractivity contribution is 0.0943. The molecule has 27 heavy (non-hydrogen) atoms. The standard InChI is InChI=1S/C21H21N3O3/c1-14-5-4-8-19-22-13-17(21(26)24(14)19)20(25)23-12-15-9-10-27-18-7-3-2-6-16(18)11-15/h2-8,13,15H,9-12H2,1H3,(H,23,25)/t15-/m1/s1. The number of benzene rings is 1. The number of hydrogen-bond acceptors (Lipinski definition) is 4. The molecule has 1 aliphatic rings. The minimum Gasteiger partial charge on any atom is -0.493 e. The molecule has 1 N–H and O–H groups in total. The molecule has 1 amide bonds. The van der Waals surface area contributed by atoms with Crippen molar-refractivity contribution in [2.45, 2.75) is 19.8 Å². The summed E-state index contributed by atoms with van der Waals surface area (Å²) in [6.07, 6.45) is 3.05. The van der Waals surface area contributed by atoms with E-state index < -0.39 is 0 Å². The summed E-state index contributed by atoms with van der Waals surface area (Å²) in [6, 6.07) is 13.4. The SMILES string of the molecule is Cc1cccc2ncc(C(=O)NC[C@@H]3CCOc4ccccc4C3)c(=O)n12. The van der Waals surface area contributed by atoms with Crippen molar-refractivity contribution >= 4 is 11.6 Å². The molecule has 6 heteroatoms. The van der Waals surface area contributed by atoms with Gasteiger partial charge in [-0.1, -0.05) is 24.3 Å². The van der Waals surface area contributed by atoms with Crippen LogP contribution in [-0.2, 0) is 6.42 Å². The van der Waals surface area contributed by atoms with E-state index in [0.717, 1.165) is 29.8 Å². The molecule has 1 aromatic carbocycles. The molecule has 0 fully saturated rings. The molecule has 3 heterocycles. The number of rotatable bonds is 3. The maximum Gasteiger partial charge on any atom is 0.270 e. The third-order valence-electron chi connectivity index (χ3n) is 4.98. The van der Waals surface area contributed by atoms with Crippen LogP contribution in [0.4, 0.5) is 0 Å². The molecule has 4 rings (SSSR count). The summed E-state index contributed by atoms with van der Waals surface area (Å²) < 4.78 is 7.24. The molecule has 0 unspecified atom stereocenters. The monoisotopic (exact) mass is 363 g/mol. The van der Waals surface area contributed by atoms with Gasteiger partial charge in [0.2, 0.25) is 0 Å². The highest BCUT2D eigenvalue weighted by Gasteiger charge is 2.20. The molecule has 0 spiro atoms. The summed E-state index contributed by atoms with van der Waals surface area (Å²) in [7, 11) is 0. The quantitative estimate of drug-likeness (QED) is 0.775. The third kappa shape index (κ3) is 3.43. The predicted molar refractivity (Wildman–Crippen MR) is 102 cm³/mol. The second kappa shape index (κ2) is 7.23. The fourth-order valence-corrected chi connectivity index (χ4v) is 3.50. The van der Waals surface area contributed by atoms with Crippen LogP contribution in [0.5, 0.6) is 5.75 Å². The maximum absolute atomic E-state index is 12.7. The number of hydrogen-bond donors (Lipinski definition) is 1. The highest BCUT2D eigenvalue weighted by atomic mass is 16.5. The Kier molecular flexibility index (Phi) is 4.62. The number of fused-ring (bicyclic) bond motifs is 2. The van der Waals surface area contributed by atoms with Gasteiger partial charge >= 0.3 is 0 Å². The van der Waals surface area contributed by atoms with Crippen LogP contribution in [0.3, 0.4) is 0 Å². The Morgan fingerprint density at radius 1 is 1.26 bits per heavy atom.